The molecule has 2 aliphatic rings. The second-order valence-corrected chi connectivity index (χ2v) is 8.01. The molecule has 1 fully saturated rings. The van der Waals surface area contributed by atoms with E-state index in [1.807, 2.05) is 12.1 Å². The van der Waals surface area contributed by atoms with E-state index in [1.54, 1.807) is 21.3 Å². The van der Waals surface area contributed by atoms with Gasteiger partial charge in [-0.25, -0.2) is 0 Å². The molecule has 2 aromatic rings. The highest BCUT2D eigenvalue weighted by Crippen LogP contribution is 2.38. The van der Waals surface area contributed by atoms with Crippen LogP contribution in [0.1, 0.15) is 35.6 Å². The highest BCUT2D eigenvalue weighted by molar-refractivity contribution is 5.80. The maximum atomic E-state index is 12.3. The van der Waals surface area contributed by atoms with Crippen LogP contribution in [0, 0.1) is 5.92 Å². The molecule has 1 amide bonds. The SMILES string of the molecule is COc1ccc(CN2CCc3cc(OC)c(OC)cc3C2CNC(=O)C2CC2)cc1. The first kappa shape index (κ1) is 20.5. The van der Waals surface area contributed by atoms with Gasteiger partial charge < -0.3 is 19.5 Å². The van der Waals surface area contributed by atoms with Gasteiger partial charge in [0.25, 0.3) is 0 Å². The van der Waals surface area contributed by atoms with E-state index in [9.17, 15) is 4.79 Å². The summed E-state index contributed by atoms with van der Waals surface area (Å²) in [6, 6.07) is 12.4. The zero-order valence-corrected chi connectivity index (χ0v) is 17.9. The van der Waals surface area contributed by atoms with Crippen LogP contribution in [0.15, 0.2) is 36.4 Å². The molecule has 6 heteroatoms. The molecule has 1 atom stereocenters. The summed E-state index contributed by atoms with van der Waals surface area (Å²) >= 11 is 0. The summed E-state index contributed by atoms with van der Waals surface area (Å²) in [6.45, 7) is 2.31. The summed E-state index contributed by atoms with van der Waals surface area (Å²) in [5, 5.41) is 3.18. The normalized spacial score (nSPS) is 18.4. The molecule has 2 aromatic carbocycles. The fraction of sp³-hybridized carbons (Fsp3) is 0.458. The number of hydrogen-bond acceptors (Lipinski definition) is 5. The number of fused-ring (bicyclic) bond motifs is 1. The van der Waals surface area contributed by atoms with Crippen LogP contribution in [-0.2, 0) is 17.8 Å². The summed E-state index contributed by atoms with van der Waals surface area (Å²) in [6.07, 6.45) is 2.94. The number of nitrogens with one attached hydrogen (secondary N) is 1. The van der Waals surface area contributed by atoms with Crippen molar-refractivity contribution in [2.24, 2.45) is 5.92 Å². The second kappa shape index (κ2) is 8.96. The number of carbonyl (C=O) groups excluding carboxylic acids is 1. The maximum Gasteiger partial charge on any atom is 0.223 e. The van der Waals surface area contributed by atoms with Crippen LogP contribution in [0.2, 0.25) is 0 Å². The second-order valence-electron chi connectivity index (χ2n) is 8.01. The van der Waals surface area contributed by atoms with E-state index in [-0.39, 0.29) is 17.9 Å². The molecule has 1 heterocycles. The predicted molar refractivity (Wildman–Crippen MR) is 115 cm³/mol. The van der Waals surface area contributed by atoms with Gasteiger partial charge in [0.1, 0.15) is 5.75 Å². The number of ether oxygens (including phenoxy) is 3. The lowest BCUT2D eigenvalue weighted by Gasteiger charge is -2.38. The van der Waals surface area contributed by atoms with Crippen molar-refractivity contribution in [1.82, 2.24) is 10.2 Å². The van der Waals surface area contributed by atoms with Gasteiger partial charge in [0.15, 0.2) is 11.5 Å². The highest BCUT2D eigenvalue weighted by Gasteiger charge is 2.33. The Bertz CT molecular complexity index is 893. The Morgan fingerprint density at radius 3 is 2.37 bits per heavy atom. The van der Waals surface area contributed by atoms with E-state index in [4.69, 9.17) is 14.2 Å². The molecule has 30 heavy (non-hydrogen) atoms. The van der Waals surface area contributed by atoms with Crippen molar-refractivity contribution in [3.63, 3.8) is 0 Å². The molecule has 6 nitrogen and oxygen atoms in total. The minimum Gasteiger partial charge on any atom is -0.497 e. The molecule has 1 aliphatic carbocycles. The van der Waals surface area contributed by atoms with Crippen molar-refractivity contribution in [2.45, 2.75) is 31.8 Å². The lowest BCUT2D eigenvalue weighted by Crippen LogP contribution is -2.42. The van der Waals surface area contributed by atoms with E-state index in [0.717, 1.165) is 49.6 Å². The third-order valence-electron chi connectivity index (χ3n) is 6.08. The Kier molecular flexibility index (Phi) is 6.13. The monoisotopic (exact) mass is 410 g/mol. The largest absolute Gasteiger partial charge is 0.497 e. The topological polar surface area (TPSA) is 60.0 Å². The Hall–Kier alpha value is -2.73. The van der Waals surface area contributed by atoms with Crippen LogP contribution < -0.4 is 19.5 Å². The summed E-state index contributed by atoms with van der Waals surface area (Å²) in [7, 11) is 5.00. The zero-order chi connectivity index (χ0) is 21.1. The standard InChI is InChI=1S/C24H30N2O4/c1-28-19-8-4-16(5-9-19)15-26-11-10-18-12-22(29-2)23(30-3)13-20(18)21(26)14-25-24(27)17-6-7-17/h4-5,8-9,12-13,17,21H,6-7,10-11,14-15H2,1-3H3,(H,25,27). The summed E-state index contributed by atoms with van der Waals surface area (Å²) in [5.41, 5.74) is 3.67. The molecule has 160 valence electrons. The van der Waals surface area contributed by atoms with Crippen molar-refractivity contribution in [2.75, 3.05) is 34.4 Å². The van der Waals surface area contributed by atoms with Crippen LogP contribution in [0.3, 0.4) is 0 Å². The third kappa shape index (κ3) is 4.38. The first-order valence-corrected chi connectivity index (χ1v) is 10.5. The van der Waals surface area contributed by atoms with Crippen LogP contribution in [0.4, 0.5) is 0 Å². The van der Waals surface area contributed by atoms with E-state index in [0.29, 0.717) is 6.54 Å². The van der Waals surface area contributed by atoms with E-state index in [1.165, 1.54) is 16.7 Å². The number of hydrogen-bond donors (Lipinski definition) is 1. The van der Waals surface area contributed by atoms with Crippen molar-refractivity contribution < 1.29 is 19.0 Å². The number of rotatable bonds is 8. The first-order valence-electron chi connectivity index (χ1n) is 10.5. The van der Waals surface area contributed by atoms with Gasteiger partial charge in [-0.3, -0.25) is 9.69 Å². The van der Waals surface area contributed by atoms with Gasteiger partial charge in [-0.15, -0.1) is 0 Å². The van der Waals surface area contributed by atoms with Gasteiger partial charge in [0.05, 0.1) is 27.4 Å². The molecule has 1 unspecified atom stereocenters. The quantitative estimate of drug-likeness (QED) is 0.723. The van der Waals surface area contributed by atoms with Gasteiger partial charge in [-0.2, -0.15) is 0 Å². The summed E-state index contributed by atoms with van der Waals surface area (Å²) in [4.78, 5) is 14.8. The van der Waals surface area contributed by atoms with Crippen molar-refractivity contribution in [3.8, 4) is 17.2 Å². The first-order chi connectivity index (χ1) is 14.6. The Morgan fingerprint density at radius 1 is 1.03 bits per heavy atom. The van der Waals surface area contributed by atoms with Crippen molar-refractivity contribution >= 4 is 5.91 Å². The van der Waals surface area contributed by atoms with Gasteiger partial charge >= 0.3 is 0 Å². The summed E-state index contributed by atoms with van der Waals surface area (Å²) < 4.78 is 16.3. The molecule has 1 N–H and O–H groups in total. The van der Waals surface area contributed by atoms with Crippen molar-refractivity contribution in [3.05, 3.63) is 53.1 Å². The molecule has 0 aromatic heterocycles. The van der Waals surface area contributed by atoms with Crippen molar-refractivity contribution in [1.29, 1.82) is 0 Å². The summed E-state index contributed by atoms with van der Waals surface area (Å²) in [5.74, 6) is 2.70. The lowest BCUT2D eigenvalue weighted by molar-refractivity contribution is -0.122. The molecular weight excluding hydrogens is 380 g/mol. The zero-order valence-electron chi connectivity index (χ0n) is 17.9. The molecule has 1 saturated carbocycles. The smallest absolute Gasteiger partial charge is 0.223 e. The van der Waals surface area contributed by atoms with Crippen LogP contribution in [0.5, 0.6) is 17.2 Å². The number of nitrogens with zero attached hydrogens (tertiary/aromatic N) is 1. The number of benzene rings is 2. The minimum atomic E-state index is 0.0818. The molecular formula is C24H30N2O4. The van der Waals surface area contributed by atoms with Gasteiger partial charge in [0, 0.05) is 25.6 Å². The minimum absolute atomic E-state index is 0.0818. The van der Waals surface area contributed by atoms with Gasteiger partial charge in [0.2, 0.25) is 5.91 Å². The Labute approximate surface area is 178 Å². The van der Waals surface area contributed by atoms with Gasteiger partial charge in [-0.1, -0.05) is 12.1 Å². The van der Waals surface area contributed by atoms with Crippen LogP contribution in [0.25, 0.3) is 0 Å². The molecule has 0 saturated heterocycles. The Balaban J connectivity index is 1.60. The average molecular weight is 411 g/mol. The fourth-order valence-electron chi connectivity index (χ4n) is 4.16. The molecule has 1 aliphatic heterocycles. The van der Waals surface area contributed by atoms with Crippen LogP contribution in [-0.4, -0.2) is 45.2 Å². The molecule has 0 bridgehead atoms. The van der Waals surface area contributed by atoms with E-state index >= 15 is 0 Å². The average Bonchev–Trinajstić information content (AvgIpc) is 3.63. The number of carbonyl (C=O) groups is 1. The molecule has 0 radical (unpaired) electrons. The maximum absolute atomic E-state index is 12.3. The van der Waals surface area contributed by atoms with E-state index in [2.05, 4.69) is 34.5 Å². The van der Waals surface area contributed by atoms with E-state index < -0.39 is 0 Å². The molecule has 4 rings (SSSR count). The Morgan fingerprint density at radius 2 is 1.73 bits per heavy atom. The highest BCUT2D eigenvalue weighted by atomic mass is 16.5. The molecule has 0 spiro atoms. The lowest BCUT2D eigenvalue weighted by atomic mass is 9.91. The van der Waals surface area contributed by atoms with Gasteiger partial charge in [-0.05, 0) is 60.2 Å². The third-order valence-corrected chi connectivity index (χ3v) is 6.08. The number of methoxy groups -OCH3 is 3. The number of amides is 1. The fourth-order valence-corrected chi connectivity index (χ4v) is 4.16. The van der Waals surface area contributed by atoms with Crippen LogP contribution >= 0.6 is 0 Å². The predicted octanol–water partition coefficient (Wildman–Crippen LogP) is 3.34.